The van der Waals surface area contributed by atoms with Crippen molar-refractivity contribution in [3.8, 4) is 5.75 Å². The molecule has 0 aliphatic heterocycles. The van der Waals surface area contributed by atoms with Crippen LogP contribution in [0.15, 0.2) is 48.8 Å². The Morgan fingerprint density at radius 1 is 1.17 bits per heavy atom. The lowest BCUT2D eigenvalue weighted by molar-refractivity contribution is -0.126. The summed E-state index contributed by atoms with van der Waals surface area (Å²) in [5.74, 6) is -0.296. The fraction of sp³-hybridized carbons (Fsp3) is 0.143. The second-order valence-electron chi connectivity index (χ2n) is 3.95. The van der Waals surface area contributed by atoms with E-state index in [4.69, 9.17) is 0 Å². The molecule has 0 bridgehead atoms. The lowest BCUT2D eigenvalue weighted by Gasteiger charge is -2.10. The van der Waals surface area contributed by atoms with Crippen LogP contribution in [0.5, 0.6) is 5.75 Å². The van der Waals surface area contributed by atoms with Gasteiger partial charge in [0, 0.05) is 24.4 Å². The van der Waals surface area contributed by atoms with Crippen molar-refractivity contribution in [3.05, 3.63) is 59.9 Å². The molecule has 0 radical (unpaired) electrons. The van der Waals surface area contributed by atoms with E-state index in [2.05, 4.69) is 4.98 Å². The standard InChI is InChI=1S/C14H13NO3/c16-12-4-2-1-3-11(12)9-13(17)14(18)10-5-7-15-8-6-10/h1-8,14,16,18H,9H2. The van der Waals surface area contributed by atoms with Crippen LogP contribution in [0.1, 0.15) is 17.2 Å². The van der Waals surface area contributed by atoms with E-state index in [1.54, 1.807) is 30.3 Å². The van der Waals surface area contributed by atoms with Gasteiger partial charge in [-0.2, -0.15) is 0 Å². The molecule has 18 heavy (non-hydrogen) atoms. The van der Waals surface area contributed by atoms with Crippen LogP contribution in [0.3, 0.4) is 0 Å². The lowest BCUT2D eigenvalue weighted by Crippen LogP contribution is -2.14. The molecule has 2 aromatic rings. The number of aromatic hydroxyl groups is 1. The van der Waals surface area contributed by atoms with Gasteiger partial charge in [0.25, 0.3) is 0 Å². The number of aliphatic hydroxyl groups excluding tert-OH is 1. The first-order valence-electron chi connectivity index (χ1n) is 5.56. The lowest BCUT2D eigenvalue weighted by atomic mass is 10.0. The fourth-order valence-electron chi connectivity index (χ4n) is 1.68. The van der Waals surface area contributed by atoms with Gasteiger partial charge in [0.15, 0.2) is 5.78 Å². The van der Waals surface area contributed by atoms with Gasteiger partial charge in [-0.1, -0.05) is 18.2 Å². The van der Waals surface area contributed by atoms with Gasteiger partial charge in [0.2, 0.25) is 0 Å². The highest BCUT2D eigenvalue weighted by Crippen LogP contribution is 2.20. The number of aliphatic hydroxyl groups is 1. The van der Waals surface area contributed by atoms with Crippen LogP contribution in [0.25, 0.3) is 0 Å². The van der Waals surface area contributed by atoms with E-state index in [0.29, 0.717) is 11.1 Å². The van der Waals surface area contributed by atoms with Crippen LogP contribution < -0.4 is 0 Å². The molecule has 1 atom stereocenters. The molecule has 0 aliphatic rings. The van der Waals surface area contributed by atoms with Crippen molar-refractivity contribution >= 4 is 5.78 Å². The van der Waals surface area contributed by atoms with Crippen LogP contribution >= 0.6 is 0 Å². The number of benzene rings is 1. The summed E-state index contributed by atoms with van der Waals surface area (Å²) in [4.78, 5) is 15.7. The van der Waals surface area contributed by atoms with Crippen LogP contribution in [-0.4, -0.2) is 21.0 Å². The molecule has 2 rings (SSSR count). The third-order valence-corrected chi connectivity index (χ3v) is 2.68. The highest BCUT2D eigenvalue weighted by atomic mass is 16.3. The number of phenolic OH excluding ortho intramolecular Hbond substituents is 1. The summed E-state index contributed by atoms with van der Waals surface area (Å²) in [6.45, 7) is 0. The van der Waals surface area contributed by atoms with E-state index >= 15 is 0 Å². The number of hydrogen-bond donors (Lipinski definition) is 2. The molecule has 0 saturated heterocycles. The molecule has 1 heterocycles. The number of rotatable bonds is 4. The topological polar surface area (TPSA) is 70.4 Å². The average Bonchev–Trinajstić information content (AvgIpc) is 2.41. The number of nitrogens with zero attached hydrogens (tertiary/aromatic N) is 1. The van der Waals surface area contributed by atoms with Gasteiger partial charge in [-0.3, -0.25) is 9.78 Å². The van der Waals surface area contributed by atoms with Gasteiger partial charge in [-0.25, -0.2) is 0 Å². The Labute approximate surface area is 105 Å². The summed E-state index contributed by atoms with van der Waals surface area (Å²) in [6.07, 6.45) is 1.85. The smallest absolute Gasteiger partial charge is 0.170 e. The van der Waals surface area contributed by atoms with Crippen LogP contribution in [-0.2, 0) is 11.2 Å². The Morgan fingerprint density at radius 3 is 2.50 bits per heavy atom. The molecular formula is C14H13NO3. The molecule has 92 valence electrons. The number of ketones is 1. The Kier molecular flexibility index (Phi) is 3.69. The number of para-hydroxylation sites is 1. The van der Waals surface area contributed by atoms with Crippen molar-refractivity contribution in [1.82, 2.24) is 4.98 Å². The van der Waals surface area contributed by atoms with Crippen molar-refractivity contribution in [2.24, 2.45) is 0 Å². The van der Waals surface area contributed by atoms with Gasteiger partial charge in [-0.05, 0) is 23.8 Å². The average molecular weight is 243 g/mol. The predicted molar refractivity (Wildman–Crippen MR) is 66.0 cm³/mol. The minimum atomic E-state index is -1.19. The zero-order chi connectivity index (χ0) is 13.0. The molecule has 0 amide bonds. The van der Waals surface area contributed by atoms with E-state index in [1.165, 1.54) is 18.5 Å². The summed E-state index contributed by atoms with van der Waals surface area (Å²) >= 11 is 0. The quantitative estimate of drug-likeness (QED) is 0.856. The van der Waals surface area contributed by atoms with Crippen molar-refractivity contribution in [3.63, 3.8) is 0 Å². The minimum Gasteiger partial charge on any atom is -0.508 e. The zero-order valence-electron chi connectivity index (χ0n) is 9.65. The maximum atomic E-state index is 11.9. The SMILES string of the molecule is O=C(Cc1ccccc1O)C(O)c1ccncc1. The molecule has 2 N–H and O–H groups in total. The van der Waals surface area contributed by atoms with E-state index in [9.17, 15) is 15.0 Å². The molecule has 1 aromatic carbocycles. The number of pyridine rings is 1. The Bertz CT molecular complexity index is 540. The summed E-state index contributed by atoms with van der Waals surface area (Å²) in [7, 11) is 0. The normalized spacial score (nSPS) is 12.1. The number of carbonyl (C=O) groups is 1. The number of Topliss-reactive ketones (excluding diaryl/α,β-unsaturated/α-hetero) is 1. The maximum Gasteiger partial charge on any atom is 0.170 e. The van der Waals surface area contributed by atoms with E-state index < -0.39 is 6.10 Å². The van der Waals surface area contributed by atoms with Crippen molar-refractivity contribution < 1.29 is 15.0 Å². The molecule has 0 spiro atoms. The Balaban J connectivity index is 2.12. The minimum absolute atomic E-state index is 0.00381. The Hall–Kier alpha value is -2.20. The first-order chi connectivity index (χ1) is 8.68. The predicted octanol–water partition coefficient (Wildman–Crippen LogP) is 1.63. The largest absolute Gasteiger partial charge is 0.508 e. The maximum absolute atomic E-state index is 11.9. The van der Waals surface area contributed by atoms with Crippen LogP contribution in [0.2, 0.25) is 0 Å². The van der Waals surface area contributed by atoms with Gasteiger partial charge in [-0.15, -0.1) is 0 Å². The third-order valence-electron chi connectivity index (χ3n) is 2.68. The van der Waals surface area contributed by atoms with Crippen LogP contribution in [0, 0.1) is 0 Å². The molecule has 0 aliphatic carbocycles. The van der Waals surface area contributed by atoms with Crippen molar-refractivity contribution in [1.29, 1.82) is 0 Å². The monoisotopic (exact) mass is 243 g/mol. The van der Waals surface area contributed by atoms with Gasteiger partial charge < -0.3 is 10.2 Å². The summed E-state index contributed by atoms with van der Waals surface area (Å²) in [5.41, 5.74) is 1.01. The highest BCUT2D eigenvalue weighted by molar-refractivity contribution is 5.86. The first-order valence-corrected chi connectivity index (χ1v) is 5.56. The first kappa shape index (κ1) is 12.3. The highest BCUT2D eigenvalue weighted by Gasteiger charge is 2.18. The second-order valence-corrected chi connectivity index (χ2v) is 3.95. The molecule has 0 fully saturated rings. The number of aromatic nitrogens is 1. The van der Waals surface area contributed by atoms with Crippen LogP contribution in [0.4, 0.5) is 0 Å². The van der Waals surface area contributed by atoms with Gasteiger partial charge in [0.1, 0.15) is 11.9 Å². The summed E-state index contributed by atoms with van der Waals surface area (Å²) < 4.78 is 0. The molecule has 4 heteroatoms. The second kappa shape index (κ2) is 5.42. The molecule has 4 nitrogen and oxygen atoms in total. The molecule has 0 saturated carbocycles. The molecule has 1 aromatic heterocycles. The number of hydrogen-bond acceptors (Lipinski definition) is 4. The summed E-state index contributed by atoms with van der Waals surface area (Å²) in [6, 6.07) is 9.78. The van der Waals surface area contributed by atoms with E-state index in [1.807, 2.05) is 0 Å². The Morgan fingerprint density at radius 2 is 1.83 bits per heavy atom. The van der Waals surface area contributed by atoms with E-state index in [0.717, 1.165) is 0 Å². The van der Waals surface area contributed by atoms with E-state index in [-0.39, 0.29) is 18.0 Å². The van der Waals surface area contributed by atoms with Gasteiger partial charge >= 0.3 is 0 Å². The molecular weight excluding hydrogens is 230 g/mol. The number of phenols is 1. The number of carbonyl (C=O) groups excluding carboxylic acids is 1. The van der Waals surface area contributed by atoms with Crippen molar-refractivity contribution in [2.75, 3.05) is 0 Å². The summed E-state index contributed by atoms with van der Waals surface area (Å²) in [5, 5.41) is 19.5. The fourth-order valence-corrected chi connectivity index (χ4v) is 1.68. The third kappa shape index (κ3) is 2.73. The van der Waals surface area contributed by atoms with Gasteiger partial charge in [0.05, 0.1) is 0 Å². The zero-order valence-corrected chi connectivity index (χ0v) is 9.65. The molecule has 1 unspecified atom stereocenters. The van der Waals surface area contributed by atoms with Crippen molar-refractivity contribution in [2.45, 2.75) is 12.5 Å².